The predicted octanol–water partition coefficient (Wildman–Crippen LogP) is 2.81. The minimum atomic E-state index is -0.329. The number of halogens is 1. The van der Waals surface area contributed by atoms with E-state index in [0.29, 0.717) is 32.0 Å². The molecule has 4 rings (SSSR count). The number of nitrogens with zero attached hydrogens (tertiary/aromatic N) is 3. The van der Waals surface area contributed by atoms with Crippen LogP contribution in [-0.4, -0.2) is 40.2 Å². The van der Waals surface area contributed by atoms with Crippen LogP contribution in [-0.2, 0) is 13.1 Å². The smallest absolute Gasteiger partial charge is 0.317 e. The summed E-state index contributed by atoms with van der Waals surface area (Å²) in [7, 11) is 0. The Bertz CT molecular complexity index is 820. The maximum Gasteiger partial charge on any atom is 0.317 e. The number of aromatic nitrogens is 2. The first-order chi connectivity index (χ1) is 12.6. The molecule has 2 amide bonds. The van der Waals surface area contributed by atoms with E-state index in [-0.39, 0.29) is 17.8 Å². The zero-order valence-corrected chi connectivity index (χ0v) is 14.9. The third-order valence-corrected chi connectivity index (χ3v) is 5.04. The molecule has 2 aromatic rings. The summed E-state index contributed by atoms with van der Waals surface area (Å²) in [4.78, 5) is 19.0. The number of hydrogen-bond donors (Lipinski definition) is 1. The topological polar surface area (TPSA) is 59.4 Å². The molecular formula is C19H23FN4O2. The lowest BCUT2D eigenvalue weighted by molar-refractivity contribution is 0.186. The lowest BCUT2D eigenvalue weighted by Crippen LogP contribution is -2.42. The number of benzene rings is 1. The SMILES string of the molecule is Cc1cn2c(n1)C(CNC(=O)N1CCOc3cc(F)ccc3C1)CCC2. The third kappa shape index (κ3) is 3.38. The van der Waals surface area contributed by atoms with Crippen LogP contribution >= 0.6 is 0 Å². The van der Waals surface area contributed by atoms with Gasteiger partial charge in [0.05, 0.1) is 18.8 Å². The minimum absolute atomic E-state index is 0.119. The Hall–Kier alpha value is -2.57. The van der Waals surface area contributed by atoms with Gasteiger partial charge >= 0.3 is 6.03 Å². The fourth-order valence-corrected chi connectivity index (χ4v) is 3.74. The second kappa shape index (κ2) is 6.97. The van der Waals surface area contributed by atoms with Crippen LogP contribution in [0.2, 0.25) is 0 Å². The van der Waals surface area contributed by atoms with Crippen LogP contribution in [0.25, 0.3) is 0 Å². The van der Waals surface area contributed by atoms with E-state index < -0.39 is 0 Å². The lowest BCUT2D eigenvalue weighted by atomic mass is 9.99. The molecule has 1 N–H and O–H groups in total. The molecule has 0 bridgehead atoms. The van der Waals surface area contributed by atoms with Crippen LogP contribution < -0.4 is 10.1 Å². The van der Waals surface area contributed by atoms with E-state index in [1.165, 1.54) is 12.1 Å². The summed E-state index contributed by atoms with van der Waals surface area (Å²) in [5.74, 6) is 1.50. The van der Waals surface area contributed by atoms with Crippen molar-refractivity contribution in [3.05, 3.63) is 47.3 Å². The van der Waals surface area contributed by atoms with Gasteiger partial charge < -0.3 is 19.5 Å². The van der Waals surface area contributed by atoms with Gasteiger partial charge in [0.25, 0.3) is 0 Å². The average Bonchev–Trinajstić information content (AvgIpc) is 2.88. The van der Waals surface area contributed by atoms with Crippen LogP contribution in [0.15, 0.2) is 24.4 Å². The van der Waals surface area contributed by atoms with Gasteiger partial charge in [0.2, 0.25) is 0 Å². The van der Waals surface area contributed by atoms with Crippen molar-refractivity contribution < 1.29 is 13.9 Å². The van der Waals surface area contributed by atoms with Gasteiger partial charge in [-0.3, -0.25) is 0 Å². The number of imidazole rings is 1. The fraction of sp³-hybridized carbons (Fsp3) is 0.474. The molecule has 3 heterocycles. The van der Waals surface area contributed by atoms with Gasteiger partial charge in [-0.1, -0.05) is 6.07 Å². The zero-order chi connectivity index (χ0) is 18.1. The fourth-order valence-electron chi connectivity index (χ4n) is 3.74. The Morgan fingerprint density at radius 1 is 1.42 bits per heavy atom. The molecular weight excluding hydrogens is 335 g/mol. The summed E-state index contributed by atoms with van der Waals surface area (Å²) >= 11 is 0. The second-order valence-corrected chi connectivity index (χ2v) is 6.98. The number of carbonyl (C=O) groups is 1. The molecule has 0 saturated heterocycles. The van der Waals surface area contributed by atoms with Gasteiger partial charge in [0.15, 0.2) is 0 Å². The van der Waals surface area contributed by atoms with E-state index in [9.17, 15) is 9.18 Å². The standard InChI is InChI=1S/C19H23FN4O2/c1-13-11-23-6-2-3-14(18(23)22-13)10-21-19(25)24-7-8-26-17-9-16(20)5-4-15(17)12-24/h4-5,9,11,14H,2-3,6-8,10,12H2,1H3,(H,21,25). The van der Waals surface area contributed by atoms with E-state index in [1.54, 1.807) is 11.0 Å². The number of amides is 2. The second-order valence-electron chi connectivity index (χ2n) is 6.98. The highest BCUT2D eigenvalue weighted by molar-refractivity contribution is 5.74. The van der Waals surface area contributed by atoms with E-state index in [1.807, 2.05) is 6.92 Å². The summed E-state index contributed by atoms with van der Waals surface area (Å²) in [6.07, 6.45) is 4.20. The van der Waals surface area contributed by atoms with Gasteiger partial charge in [-0.2, -0.15) is 0 Å². The van der Waals surface area contributed by atoms with Crippen molar-refractivity contribution in [3.63, 3.8) is 0 Å². The maximum atomic E-state index is 13.4. The highest BCUT2D eigenvalue weighted by Crippen LogP contribution is 2.27. The molecule has 1 unspecified atom stereocenters. The van der Waals surface area contributed by atoms with Crippen LogP contribution in [0.4, 0.5) is 9.18 Å². The van der Waals surface area contributed by atoms with Crippen LogP contribution in [0, 0.1) is 12.7 Å². The number of carbonyl (C=O) groups excluding carboxylic acids is 1. The van der Waals surface area contributed by atoms with Gasteiger partial charge in [-0.25, -0.2) is 14.2 Å². The van der Waals surface area contributed by atoms with Crippen molar-refractivity contribution in [1.82, 2.24) is 19.8 Å². The average molecular weight is 358 g/mol. The first-order valence-corrected chi connectivity index (χ1v) is 9.08. The van der Waals surface area contributed by atoms with Crippen LogP contribution in [0.3, 0.4) is 0 Å². The quantitative estimate of drug-likeness (QED) is 0.898. The Morgan fingerprint density at radius 3 is 3.19 bits per heavy atom. The number of aryl methyl sites for hydroxylation is 2. The molecule has 1 aromatic heterocycles. The number of urea groups is 1. The van der Waals surface area contributed by atoms with Crippen molar-refractivity contribution in [3.8, 4) is 5.75 Å². The van der Waals surface area contributed by atoms with Gasteiger partial charge in [-0.15, -0.1) is 0 Å². The molecule has 0 spiro atoms. The first-order valence-electron chi connectivity index (χ1n) is 9.08. The first kappa shape index (κ1) is 16.9. The van der Waals surface area contributed by atoms with Gasteiger partial charge in [-0.05, 0) is 25.8 Å². The van der Waals surface area contributed by atoms with E-state index in [2.05, 4.69) is 21.1 Å². The summed E-state index contributed by atoms with van der Waals surface area (Å²) in [6.45, 7) is 4.82. The van der Waals surface area contributed by atoms with E-state index in [0.717, 1.165) is 36.5 Å². The van der Waals surface area contributed by atoms with Crippen molar-refractivity contribution in [1.29, 1.82) is 0 Å². The van der Waals surface area contributed by atoms with Crippen molar-refractivity contribution in [2.45, 2.75) is 38.8 Å². The van der Waals surface area contributed by atoms with E-state index >= 15 is 0 Å². The van der Waals surface area contributed by atoms with Gasteiger partial charge in [0.1, 0.15) is 24.0 Å². The number of nitrogens with one attached hydrogen (secondary N) is 1. The molecule has 0 fully saturated rings. The van der Waals surface area contributed by atoms with Crippen molar-refractivity contribution >= 4 is 6.03 Å². The number of fused-ring (bicyclic) bond motifs is 2. The summed E-state index contributed by atoms with van der Waals surface area (Å²) in [5.41, 5.74) is 1.84. The monoisotopic (exact) mass is 358 g/mol. The molecule has 7 heteroatoms. The molecule has 2 aliphatic heterocycles. The van der Waals surface area contributed by atoms with E-state index in [4.69, 9.17) is 4.74 Å². The highest BCUT2D eigenvalue weighted by Gasteiger charge is 2.25. The maximum absolute atomic E-state index is 13.4. The van der Waals surface area contributed by atoms with Gasteiger partial charge in [0, 0.05) is 36.8 Å². The molecule has 0 radical (unpaired) electrons. The zero-order valence-electron chi connectivity index (χ0n) is 14.9. The summed E-state index contributed by atoms with van der Waals surface area (Å²) in [5, 5.41) is 3.05. The lowest BCUT2D eigenvalue weighted by Gasteiger charge is -2.26. The molecule has 138 valence electrons. The third-order valence-electron chi connectivity index (χ3n) is 5.04. The Kier molecular flexibility index (Phi) is 4.53. The van der Waals surface area contributed by atoms with Crippen LogP contribution in [0.1, 0.15) is 35.8 Å². The molecule has 1 aromatic carbocycles. The molecule has 2 aliphatic rings. The Labute approximate surface area is 152 Å². The van der Waals surface area contributed by atoms with Crippen molar-refractivity contribution in [2.75, 3.05) is 19.7 Å². The van der Waals surface area contributed by atoms with Crippen LogP contribution in [0.5, 0.6) is 5.75 Å². The molecule has 26 heavy (non-hydrogen) atoms. The number of ether oxygens (including phenoxy) is 1. The molecule has 6 nitrogen and oxygen atoms in total. The predicted molar refractivity (Wildman–Crippen MR) is 94.6 cm³/mol. The molecule has 0 aliphatic carbocycles. The molecule has 0 saturated carbocycles. The normalized spacial score (nSPS) is 19.2. The number of hydrogen-bond acceptors (Lipinski definition) is 3. The largest absolute Gasteiger partial charge is 0.491 e. The minimum Gasteiger partial charge on any atom is -0.491 e. The Morgan fingerprint density at radius 2 is 2.31 bits per heavy atom. The molecule has 1 atom stereocenters. The number of rotatable bonds is 2. The van der Waals surface area contributed by atoms with Crippen molar-refractivity contribution in [2.24, 2.45) is 0 Å². The summed E-state index contributed by atoms with van der Waals surface area (Å²) in [6, 6.07) is 4.33. The Balaban J connectivity index is 1.40. The highest BCUT2D eigenvalue weighted by atomic mass is 19.1. The summed E-state index contributed by atoms with van der Waals surface area (Å²) < 4.78 is 21.1.